The number of ether oxygens (including phenoxy) is 1. The molecule has 2 heterocycles. The molecule has 1 fully saturated rings. The average molecular weight is 301 g/mol. The molecule has 1 saturated heterocycles. The molecular formula is C13H21ClN4O2. The first-order chi connectivity index (χ1) is 9.75. The van der Waals surface area contributed by atoms with E-state index in [4.69, 9.17) is 16.3 Å². The number of rotatable bonds is 7. The van der Waals surface area contributed by atoms with Crippen LogP contribution in [0.4, 0.5) is 0 Å². The zero-order chi connectivity index (χ0) is 14.2. The van der Waals surface area contributed by atoms with Crippen LogP contribution in [0.25, 0.3) is 0 Å². The van der Waals surface area contributed by atoms with Crippen molar-refractivity contribution in [3.8, 4) is 0 Å². The van der Waals surface area contributed by atoms with Crippen LogP contribution >= 0.6 is 11.6 Å². The molecule has 2 rings (SSSR count). The molecule has 0 amide bonds. The van der Waals surface area contributed by atoms with Crippen LogP contribution in [0.2, 0.25) is 5.15 Å². The fourth-order valence-electron chi connectivity index (χ4n) is 2.12. The first kappa shape index (κ1) is 15.4. The van der Waals surface area contributed by atoms with E-state index in [1.165, 1.54) is 16.8 Å². The largest absolute Gasteiger partial charge is 0.379 e. The molecule has 0 bridgehead atoms. The first-order valence-electron chi connectivity index (χ1n) is 7.00. The Hall–Kier alpha value is -0.950. The number of aryl methyl sites for hydroxylation is 1. The van der Waals surface area contributed by atoms with Gasteiger partial charge in [0.1, 0.15) is 5.15 Å². The molecule has 112 valence electrons. The van der Waals surface area contributed by atoms with E-state index in [9.17, 15) is 4.79 Å². The molecule has 1 aromatic heterocycles. The molecule has 0 saturated carbocycles. The molecule has 1 aromatic rings. The highest BCUT2D eigenvalue weighted by Gasteiger charge is 2.08. The third-order valence-corrected chi connectivity index (χ3v) is 3.47. The Morgan fingerprint density at radius 3 is 2.85 bits per heavy atom. The Morgan fingerprint density at radius 2 is 2.05 bits per heavy atom. The van der Waals surface area contributed by atoms with Gasteiger partial charge in [-0.2, -0.15) is 5.10 Å². The second kappa shape index (κ2) is 8.36. The zero-order valence-corrected chi connectivity index (χ0v) is 12.3. The van der Waals surface area contributed by atoms with Gasteiger partial charge in [-0.3, -0.25) is 9.69 Å². The van der Waals surface area contributed by atoms with Crippen LogP contribution in [0, 0.1) is 0 Å². The highest BCUT2D eigenvalue weighted by Crippen LogP contribution is 1.98. The summed E-state index contributed by atoms with van der Waals surface area (Å²) in [7, 11) is 0. The summed E-state index contributed by atoms with van der Waals surface area (Å²) in [6.45, 7) is 7.16. The van der Waals surface area contributed by atoms with Gasteiger partial charge in [-0.1, -0.05) is 11.6 Å². The molecule has 1 aliphatic heterocycles. The summed E-state index contributed by atoms with van der Waals surface area (Å²) in [5.41, 5.74) is -0.109. The van der Waals surface area contributed by atoms with Crippen molar-refractivity contribution in [2.75, 3.05) is 45.9 Å². The lowest BCUT2D eigenvalue weighted by atomic mass is 10.4. The van der Waals surface area contributed by atoms with Gasteiger partial charge in [0.25, 0.3) is 5.56 Å². The molecule has 0 aromatic carbocycles. The molecule has 1 aliphatic rings. The van der Waals surface area contributed by atoms with Crippen LogP contribution < -0.4 is 10.9 Å². The molecule has 7 heteroatoms. The monoisotopic (exact) mass is 300 g/mol. The minimum atomic E-state index is -0.109. The summed E-state index contributed by atoms with van der Waals surface area (Å²) in [5.74, 6) is 0. The van der Waals surface area contributed by atoms with E-state index in [2.05, 4.69) is 15.3 Å². The van der Waals surface area contributed by atoms with Crippen LogP contribution in [0.1, 0.15) is 6.42 Å². The smallest absolute Gasteiger partial charge is 0.266 e. The van der Waals surface area contributed by atoms with Crippen LogP contribution in [-0.2, 0) is 11.3 Å². The van der Waals surface area contributed by atoms with E-state index in [0.29, 0.717) is 11.7 Å². The van der Waals surface area contributed by atoms with Crippen molar-refractivity contribution in [2.45, 2.75) is 13.0 Å². The molecule has 1 N–H and O–H groups in total. The van der Waals surface area contributed by atoms with Gasteiger partial charge < -0.3 is 10.1 Å². The average Bonchev–Trinajstić information content (AvgIpc) is 2.47. The van der Waals surface area contributed by atoms with Crippen molar-refractivity contribution in [3.63, 3.8) is 0 Å². The van der Waals surface area contributed by atoms with Gasteiger partial charge in [0.2, 0.25) is 0 Å². The van der Waals surface area contributed by atoms with E-state index in [1.807, 2.05) is 0 Å². The van der Waals surface area contributed by atoms with Crippen LogP contribution in [0.3, 0.4) is 0 Å². The first-order valence-corrected chi connectivity index (χ1v) is 7.38. The maximum absolute atomic E-state index is 11.5. The summed E-state index contributed by atoms with van der Waals surface area (Å²) >= 11 is 5.76. The van der Waals surface area contributed by atoms with Gasteiger partial charge >= 0.3 is 0 Å². The fraction of sp³-hybridized carbons (Fsp3) is 0.692. The second-order valence-electron chi connectivity index (χ2n) is 4.78. The van der Waals surface area contributed by atoms with Gasteiger partial charge in [0, 0.05) is 38.8 Å². The standard InChI is InChI=1S/C13H21ClN4O2/c14-12-2-3-13(19)18(16-12)6-1-4-15-5-7-17-8-10-20-11-9-17/h2-3,15H,1,4-11H2. The number of hydrogen-bond acceptors (Lipinski definition) is 5. The number of nitrogens with zero attached hydrogens (tertiary/aromatic N) is 3. The summed E-state index contributed by atoms with van der Waals surface area (Å²) in [6, 6.07) is 2.96. The fourth-order valence-corrected chi connectivity index (χ4v) is 2.28. The molecule has 0 unspecified atom stereocenters. The Bertz CT molecular complexity index is 460. The second-order valence-corrected chi connectivity index (χ2v) is 5.16. The lowest BCUT2D eigenvalue weighted by Crippen LogP contribution is -2.40. The quantitative estimate of drug-likeness (QED) is 0.730. The highest BCUT2D eigenvalue weighted by atomic mass is 35.5. The third kappa shape index (κ3) is 5.20. The number of halogens is 1. The number of morpholine rings is 1. The minimum Gasteiger partial charge on any atom is -0.379 e. The Balaban J connectivity index is 1.57. The molecule has 0 atom stereocenters. The van der Waals surface area contributed by atoms with Crippen molar-refractivity contribution >= 4 is 11.6 Å². The number of aromatic nitrogens is 2. The normalized spacial score (nSPS) is 16.4. The zero-order valence-electron chi connectivity index (χ0n) is 11.6. The van der Waals surface area contributed by atoms with Crippen LogP contribution in [0.15, 0.2) is 16.9 Å². The van der Waals surface area contributed by atoms with Crippen molar-refractivity contribution in [2.24, 2.45) is 0 Å². The van der Waals surface area contributed by atoms with E-state index < -0.39 is 0 Å². The van der Waals surface area contributed by atoms with Crippen LogP contribution in [-0.4, -0.2) is 60.6 Å². The van der Waals surface area contributed by atoms with Crippen LogP contribution in [0.5, 0.6) is 0 Å². The Kier molecular flexibility index (Phi) is 6.46. The maximum atomic E-state index is 11.5. The van der Waals surface area contributed by atoms with Crippen molar-refractivity contribution in [3.05, 3.63) is 27.6 Å². The molecular weight excluding hydrogens is 280 g/mol. The molecule has 0 radical (unpaired) electrons. The van der Waals surface area contributed by atoms with Gasteiger partial charge in [-0.15, -0.1) is 0 Å². The van der Waals surface area contributed by atoms with E-state index in [1.54, 1.807) is 0 Å². The molecule has 0 aliphatic carbocycles. The van der Waals surface area contributed by atoms with Gasteiger partial charge in [0.05, 0.1) is 13.2 Å². The van der Waals surface area contributed by atoms with E-state index in [0.717, 1.165) is 52.4 Å². The van der Waals surface area contributed by atoms with Crippen molar-refractivity contribution < 1.29 is 4.74 Å². The van der Waals surface area contributed by atoms with Gasteiger partial charge in [0.15, 0.2) is 0 Å². The maximum Gasteiger partial charge on any atom is 0.266 e. The predicted octanol–water partition coefficient (Wildman–Crippen LogP) is 0.209. The minimum absolute atomic E-state index is 0.109. The molecule has 6 nitrogen and oxygen atoms in total. The SMILES string of the molecule is O=c1ccc(Cl)nn1CCCNCCN1CCOCC1. The third-order valence-electron chi connectivity index (χ3n) is 3.27. The molecule has 20 heavy (non-hydrogen) atoms. The summed E-state index contributed by atoms with van der Waals surface area (Å²) in [6.07, 6.45) is 0.858. The number of nitrogens with one attached hydrogen (secondary N) is 1. The highest BCUT2D eigenvalue weighted by molar-refractivity contribution is 6.29. The predicted molar refractivity (Wildman–Crippen MR) is 78.3 cm³/mol. The summed E-state index contributed by atoms with van der Waals surface area (Å²) < 4.78 is 6.71. The number of hydrogen-bond donors (Lipinski definition) is 1. The van der Waals surface area contributed by atoms with Gasteiger partial charge in [-0.05, 0) is 19.0 Å². The molecule has 0 spiro atoms. The topological polar surface area (TPSA) is 59.4 Å². The Labute approximate surface area is 123 Å². The van der Waals surface area contributed by atoms with E-state index in [-0.39, 0.29) is 5.56 Å². The van der Waals surface area contributed by atoms with E-state index >= 15 is 0 Å². The van der Waals surface area contributed by atoms with Gasteiger partial charge in [-0.25, -0.2) is 4.68 Å². The summed E-state index contributed by atoms with van der Waals surface area (Å²) in [5, 5.41) is 7.71. The summed E-state index contributed by atoms with van der Waals surface area (Å²) in [4.78, 5) is 13.9. The lowest BCUT2D eigenvalue weighted by Gasteiger charge is -2.26. The van der Waals surface area contributed by atoms with Crippen molar-refractivity contribution in [1.29, 1.82) is 0 Å². The van der Waals surface area contributed by atoms with Crippen molar-refractivity contribution in [1.82, 2.24) is 20.0 Å². The lowest BCUT2D eigenvalue weighted by molar-refractivity contribution is 0.0384. The Morgan fingerprint density at radius 1 is 1.25 bits per heavy atom.